The minimum absolute atomic E-state index is 0.152. The topological polar surface area (TPSA) is 24.4 Å². The summed E-state index contributed by atoms with van der Waals surface area (Å²) in [6, 6.07) is 5.38. The number of nitrogens with one attached hydrogen (secondary N) is 1. The number of aliphatic imine (C=N–C) groups is 1. The van der Waals surface area contributed by atoms with Gasteiger partial charge in [-0.25, -0.2) is 4.39 Å². The third kappa shape index (κ3) is 3.72. The second kappa shape index (κ2) is 5.53. The first-order valence-electron chi connectivity index (χ1n) is 6.60. The molecule has 0 saturated heterocycles. The van der Waals surface area contributed by atoms with Crippen LogP contribution in [0, 0.1) is 18.2 Å². The first-order chi connectivity index (χ1) is 8.86. The van der Waals surface area contributed by atoms with E-state index in [0.29, 0.717) is 11.7 Å². The molecule has 19 heavy (non-hydrogen) atoms. The number of rotatable bonds is 1. The molecule has 0 radical (unpaired) electrons. The van der Waals surface area contributed by atoms with Crippen LogP contribution in [0.5, 0.6) is 0 Å². The van der Waals surface area contributed by atoms with Crippen molar-refractivity contribution in [3.05, 3.63) is 29.6 Å². The molecule has 0 saturated carbocycles. The van der Waals surface area contributed by atoms with Crippen molar-refractivity contribution in [1.82, 2.24) is 0 Å². The molecule has 4 heteroatoms. The predicted molar refractivity (Wildman–Crippen MR) is 82.5 cm³/mol. The highest BCUT2D eigenvalue weighted by Crippen LogP contribution is 2.31. The SMILES string of the molecule is Cc1ccc(F)c(NC2=NC(C(C)(C)C)CCS2)c1. The number of benzene rings is 1. The fourth-order valence-electron chi connectivity index (χ4n) is 2.06. The molecule has 1 atom stereocenters. The highest BCUT2D eigenvalue weighted by Gasteiger charge is 2.27. The number of aryl methyl sites for hydroxylation is 1. The highest BCUT2D eigenvalue weighted by molar-refractivity contribution is 8.14. The van der Waals surface area contributed by atoms with Crippen molar-refractivity contribution >= 4 is 22.6 Å². The number of thioether (sulfide) groups is 1. The van der Waals surface area contributed by atoms with Crippen LogP contribution < -0.4 is 5.32 Å². The van der Waals surface area contributed by atoms with Crippen molar-refractivity contribution in [2.24, 2.45) is 10.4 Å². The van der Waals surface area contributed by atoms with E-state index < -0.39 is 0 Å². The van der Waals surface area contributed by atoms with Gasteiger partial charge in [0.15, 0.2) is 5.17 Å². The minimum atomic E-state index is -0.230. The molecule has 2 rings (SSSR count). The van der Waals surface area contributed by atoms with Gasteiger partial charge in [-0.05, 0) is 36.5 Å². The summed E-state index contributed by atoms with van der Waals surface area (Å²) in [7, 11) is 0. The van der Waals surface area contributed by atoms with E-state index in [1.165, 1.54) is 6.07 Å². The van der Waals surface area contributed by atoms with E-state index in [1.807, 2.05) is 13.0 Å². The molecule has 0 bridgehead atoms. The van der Waals surface area contributed by atoms with Gasteiger partial charge in [-0.1, -0.05) is 38.6 Å². The molecule has 1 unspecified atom stereocenters. The van der Waals surface area contributed by atoms with Crippen LogP contribution in [0.1, 0.15) is 32.8 Å². The average molecular weight is 280 g/mol. The zero-order valence-electron chi connectivity index (χ0n) is 12.0. The molecule has 1 N–H and O–H groups in total. The van der Waals surface area contributed by atoms with Gasteiger partial charge in [0, 0.05) is 5.75 Å². The molecule has 1 heterocycles. The second-order valence-electron chi connectivity index (χ2n) is 6.06. The van der Waals surface area contributed by atoms with Crippen LogP contribution in [0.25, 0.3) is 0 Å². The number of halogens is 1. The van der Waals surface area contributed by atoms with Crippen molar-refractivity contribution in [2.45, 2.75) is 40.2 Å². The largest absolute Gasteiger partial charge is 0.333 e. The lowest BCUT2D eigenvalue weighted by Gasteiger charge is -2.31. The number of hydrogen-bond acceptors (Lipinski definition) is 3. The third-order valence-corrected chi connectivity index (χ3v) is 4.19. The molecule has 0 amide bonds. The van der Waals surface area contributed by atoms with E-state index >= 15 is 0 Å². The molecule has 0 aromatic heterocycles. The maximum atomic E-state index is 13.7. The zero-order valence-corrected chi connectivity index (χ0v) is 12.8. The Kier molecular flexibility index (Phi) is 4.19. The Labute approximate surface area is 118 Å². The summed E-state index contributed by atoms with van der Waals surface area (Å²) in [6.07, 6.45) is 1.08. The Balaban J connectivity index is 2.18. The first kappa shape index (κ1) is 14.4. The van der Waals surface area contributed by atoms with Crippen LogP contribution in [-0.4, -0.2) is 17.0 Å². The maximum absolute atomic E-state index is 13.7. The summed E-state index contributed by atoms with van der Waals surface area (Å²) in [6.45, 7) is 8.55. The predicted octanol–water partition coefficient (Wildman–Crippen LogP) is 4.45. The number of hydrogen-bond donors (Lipinski definition) is 1. The zero-order chi connectivity index (χ0) is 14.0. The molecule has 1 aliphatic rings. The molecule has 1 aromatic rings. The number of nitrogens with zero attached hydrogens (tertiary/aromatic N) is 1. The Bertz CT molecular complexity index is 491. The lowest BCUT2D eigenvalue weighted by molar-refractivity contribution is 0.316. The fourth-order valence-corrected chi connectivity index (χ4v) is 2.97. The lowest BCUT2D eigenvalue weighted by atomic mass is 9.85. The van der Waals surface area contributed by atoms with E-state index in [2.05, 4.69) is 26.1 Å². The molecule has 0 fully saturated rings. The molecule has 2 nitrogen and oxygen atoms in total. The molecule has 0 spiro atoms. The second-order valence-corrected chi connectivity index (χ2v) is 7.15. The van der Waals surface area contributed by atoms with Crippen LogP contribution in [0.4, 0.5) is 10.1 Å². The van der Waals surface area contributed by atoms with Crippen molar-refractivity contribution in [3.63, 3.8) is 0 Å². The standard InChI is InChI=1S/C15H21FN2S/c1-10-5-6-11(16)12(9-10)17-14-18-13(7-8-19-14)15(2,3)4/h5-6,9,13H,7-8H2,1-4H3,(H,17,18). The van der Waals surface area contributed by atoms with Crippen molar-refractivity contribution in [1.29, 1.82) is 0 Å². The Morgan fingerprint density at radius 1 is 1.37 bits per heavy atom. The fraction of sp³-hybridized carbons (Fsp3) is 0.533. The van der Waals surface area contributed by atoms with Gasteiger partial charge < -0.3 is 5.32 Å². The van der Waals surface area contributed by atoms with Gasteiger partial charge in [-0.3, -0.25) is 4.99 Å². The van der Waals surface area contributed by atoms with Crippen molar-refractivity contribution < 1.29 is 4.39 Å². The average Bonchev–Trinajstić information content (AvgIpc) is 2.33. The first-order valence-corrected chi connectivity index (χ1v) is 7.58. The van der Waals surface area contributed by atoms with Crippen LogP contribution >= 0.6 is 11.8 Å². The van der Waals surface area contributed by atoms with E-state index in [-0.39, 0.29) is 11.2 Å². The summed E-state index contributed by atoms with van der Waals surface area (Å²) in [4.78, 5) is 4.72. The summed E-state index contributed by atoms with van der Waals surface area (Å²) >= 11 is 1.66. The molecule has 104 valence electrons. The number of amidine groups is 1. The van der Waals surface area contributed by atoms with Crippen LogP contribution in [0.15, 0.2) is 23.2 Å². The van der Waals surface area contributed by atoms with E-state index in [0.717, 1.165) is 22.9 Å². The normalized spacial score (nSPS) is 20.1. The molecular formula is C15H21FN2S. The summed E-state index contributed by atoms with van der Waals surface area (Å²) in [5, 5.41) is 3.96. The smallest absolute Gasteiger partial charge is 0.161 e. The summed E-state index contributed by atoms with van der Waals surface area (Å²) in [5.41, 5.74) is 1.71. The lowest BCUT2D eigenvalue weighted by Crippen LogP contribution is -2.30. The molecule has 0 aliphatic carbocycles. The van der Waals surface area contributed by atoms with Crippen LogP contribution in [0.3, 0.4) is 0 Å². The van der Waals surface area contributed by atoms with Crippen molar-refractivity contribution in [3.8, 4) is 0 Å². The van der Waals surface area contributed by atoms with Gasteiger partial charge in [0.1, 0.15) is 5.82 Å². The van der Waals surface area contributed by atoms with Gasteiger partial charge in [0.2, 0.25) is 0 Å². The Morgan fingerprint density at radius 3 is 2.79 bits per heavy atom. The molecular weight excluding hydrogens is 259 g/mol. The van der Waals surface area contributed by atoms with Crippen LogP contribution in [-0.2, 0) is 0 Å². The van der Waals surface area contributed by atoms with Crippen LogP contribution in [0.2, 0.25) is 0 Å². The highest BCUT2D eigenvalue weighted by atomic mass is 32.2. The maximum Gasteiger partial charge on any atom is 0.161 e. The van der Waals surface area contributed by atoms with E-state index in [9.17, 15) is 4.39 Å². The molecule has 1 aromatic carbocycles. The quantitative estimate of drug-likeness (QED) is 0.821. The minimum Gasteiger partial charge on any atom is -0.333 e. The van der Waals surface area contributed by atoms with Gasteiger partial charge in [0.05, 0.1) is 11.7 Å². The monoisotopic (exact) mass is 280 g/mol. The van der Waals surface area contributed by atoms with Gasteiger partial charge in [-0.2, -0.15) is 0 Å². The summed E-state index contributed by atoms with van der Waals surface area (Å²) < 4.78 is 13.7. The Hall–Kier alpha value is -1.03. The third-order valence-electron chi connectivity index (χ3n) is 3.27. The molecule has 1 aliphatic heterocycles. The Morgan fingerprint density at radius 2 is 2.11 bits per heavy atom. The van der Waals surface area contributed by atoms with Gasteiger partial charge >= 0.3 is 0 Å². The van der Waals surface area contributed by atoms with Gasteiger partial charge in [0.25, 0.3) is 0 Å². The number of anilines is 1. The van der Waals surface area contributed by atoms with E-state index in [1.54, 1.807) is 17.8 Å². The van der Waals surface area contributed by atoms with E-state index in [4.69, 9.17) is 4.99 Å². The summed E-state index contributed by atoms with van der Waals surface area (Å²) in [5.74, 6) is 0.799. The van der Waals surface area contributed by atoms with Crippen molar-refractivity contribution in [2.75, 3.05) is 11.1 Å². The van der Waals surface area contributed by atoms with Gasteiger partial charge in [-0.15, -0.1) is 0 Å².